The zero-order chi connectivity index (χ0) is 18.7. The zero-order valence-corrected chi connectivity index (χ0v) is 15.9. The predicted molar refractivity (Wildman–Crippen MR) is 95.7 cm³/mol. The van der Waals surface area contributed by atoms with Crippen molar-refractivity contribution in [1.29, 1.82) is 0 Å². The van der Waals surface area contributed by atoms with Crippen molar-refractivity contribution in [1.82, 2.24) is 0 Å². The predicted octanol–water partition coefficient (Wildman–Crippen LogP) is 4.65. The van der Waals surface area contributed by atoms with Gasteiger partial charge in [0.05, 0.1) is 6.42 Å². The van der Waals surface area contributed by atoms with Gasteiger partial charge < -0.3 is 9.84 Å². The van der Waals surface area contributed by atoms with Gasteiger partial charge in [-0.1, -0.05) is 48.5 Å². The molecular weight excluding hydrogens is 304 g/mol. The molecule has 0 heterocycles. The molecule has 0 unspecified atom stereocenters. The Morgan fingerprint density at radius 2 is 1.42 bits per heavy atom. The number of phenolic OH excluding ortho intramolecular Hbond substituents is 1. The van der Waals surface area contributed by atoms with Crippen LogP contribution >= 0.6 is 0 Å². The van der Waals surface area contributed by atoms with Gasteiger partial charge in [-0.05, 0) is 23.0 Å². The van der Waals surface area contributed by atoms with Gasteiger partial charge in [0.25, 0.3) is 0 Å². The van der Waals surface area contributed by atoms with Crippen molar-refractivity contribution in [3.8, 4) is 11.5 Å². The monoisotopic (exact) mass is 334 g/mol. The van der Waals surface area contributed by atoms with E-state index in [1.807, 2.05) is 41.5 Å². The van der Waals surface area contributed by atoms with Crippen molar-refractivity contribution >= 4 is 11.8 Å². The van der Waals surface area contributed by atoms with Crippen molar-refractivity contribution in [2.75, 3.05) is 0 Å². The molecule has 4 heteroatoms. The van der Waals surface area contributed by atoms with Gasteiger partial charge in [-0.15, -0.1) is 0 Å². The van der Waals surface area contributed by atoms with Crippen molar-refractivity contribution in [3.63, 3.8) is 0 Å². The van der Waals surface area contributed by atoms with E-state index in [2.05, 4.69) is 0 Å². The fourth-order valence-corrected chi connectivity index (χ4v) is 2.41. The minimum Gasteiger partial charge on any atom is -0.507 e. The van der Waals surface area contributed by atoms with Crippen LogP contribution in [0.25, 0.3) is 0 Å². The smallest absolute Gasteiger partial charge is 0.311 e. The molecule has 4 nitrogen and oxygen atoms in total. The number of rotatable bonds is 5. The van der Waals surface area contributed by atoms with E-state index in [9.17, 15) is 14.7 Å². The Kier molecular flexibility index (Phi) is 6.20. The number of Topliss-reactive ketones (excluding diaryl/α,β-unsaturated/α-hetero) is 1. The number of carbonyl (C=O) groups is 2. The number of esters is 1. The van der Waals surface area contributed by atoms with Gasteiger partial charge in [0.15, 0.2) is 0 Å². The molecule has 0 radical (unpaired) electrons. The van der Waals surface area contributed by atoms with Crippen LogP contribution in [0.1, 0.15) is 78.9 Å². The third-order valence-corrected chi connectivity index (χ3v) is 3.93. The van der Waals surface area contributed by atoms with Gasteiger partial charge in [0, 0.05) is 24.0 Å². The van der Waals surface area contributed by atoms with E-state index in [4.69, 9.17) is 4.74 Å². The van der Waals surface area contributed by atoms with Gasteiger partial charge in [-0.3, -0.25) is 9.59 Å². The molecule has 1 aromatic carbocycles. The van der Waals surface area contributed by atoms with Gasteiger partial charge in [0.2, 0.25) is 0 Å². The van der Waals surface area contributed by atoms with Crippen LogP contribution in [0.15, 0.2) is 12.1 Å². The summed E-state index contributed by atoms with van der Waals surface area (Å²) in [5.41, 5.74) is 0.903. The Morgan fingerprint density at radius 1 is 0.958 bits per heavy atom. The quantitative estimate of drug-likeness (QED) is 0.629. The second kappa shape index (κ2) is 7.37. The average molecular weight is 334 g/mol. The summed E-state index contributed by atoms with van der Waals surface area (Å²) < 4.78 is 5.43. The maximum atomic E-state index is 12.0. The fraction of sp³-hybridized carbons (Fsp3) is 0.600. The van der Waals surface area contributed by atoms with E-state index in [0.717, 1.165) is 11.1 Å². The van der Waals surface area contributed by atoms with Crippen molar-refractivity contribution < 1.29 is 19.4 Å². The third kappa shape index (κ3) is 5.36. The number of carbonyl (C=O) groups excluding carboxylic acids is 2. The molecule has 1 N–H and O–H groups in total. The first kappa shape index (κ1) is 20.2. The Hall–Kier alpha value is -1.84. The number of hydrogen-bond acceptors (Lipinski definition) is 4. The van der Waals surface area contributed by atoms with Gasteiger partial charge in [-0.25, -0.2) is 0 Å². The molecule has 0 aliphatic rings. The first-order valence-electron chi connectivity index (χ1n) is 8.46. The molecule has 0 bridgehead atoms. The van der Waals surface area contributed by atoms with Gasteiger partial charge in [0.1, 0.15) is 17.3 Å². The summed E-state index contributed by atoms with van der Waals surface area (Å²) >= 11 is 0. The highest BCUT2D eigenvalue weighted by Gasteiger charge is 2.27. The van der Waals surface area contributed by atoms with Crippen molar-refractivity contribution in [3.05, 3.63) is 23.3 Å². The van der Waals surface area contributed by atoms with Crippen LogP contribution < -0.4 is 4.74 Å². The molecule has 1 rings (SSSR count). The first-order chi connectivity index (χ1) is 10.9. The van der Waals surface area contributed by atoms with Crippen LogP contribution in [0, 0.1) is 0 Å². The lowest BCUT2D eigenvalue weighted by Crippen LogP contribution is -2.18. The fourth-order valence-electron chi connectivity index (χ4n) is 2.41. The van der Waals surface area contributed by atoms with E-state index in [1.165, 1.54) is 0 Å². The summed E-state index contributed by atoms with van der Waals surface area (Å²) in [6.07, 6.45) is 0.698. The Balaban J connectivity index is 3.16. The van der Waals surface area contributed by atoms with Crippen LogP contribution in [-0.4, -0.2) is 16.9 Å². The molecule has 0 spiro atoms. The minimum absolute atomic E-state index is 0.0448. The molecular formula is C20H30O4. The molecule has 0 fully saturated rings. The summed E-state index contributed by atoms with van der Waals surface area (Å²) in [6.45, 7) is 13.8. The molecule has 134 valence electrons. The highest BCUT2D eigenvalue weighted by Crippen LogP contribution is 2.41. The summed E-state index contributed by atoms with van der Waals surface area (Å²) in [4.78, 5) is 23.3. The molecule has 0 aromatic heterocycles. The SMILES string of the molecule is CCC(=O)CCC(=O)Oc1cc(C(C)(C)C)c(O)c(C(C)(C)C)c1. The molecule has 0 saturated carbocycles. The zero-order valence-electron chi connectivity index (χ0n) is 15.9. The van der Waals surface area contributed by atoms with Crippen LogP contribution in [0.4, 0.5) is 0 Å². The second-order valence-electron chi connectivity index (χ2n) is 8.23. The number of ether oxygens (including phenoxy) is 1. The number of ketones is 1. The Bertz CT molecular complexity index is 581. The normalized spacial score (nSPS) is 12.1. The van der Waals surface area contributed by atoms with E-state index in [1.54, 1.807) is 19.1 Å². The highest BCUT2D eigenvalue weighted by atomic mass is 16.5. The summed E-state index contributed by atoms with van der Waals surface area (Å²) in [5, 5.41) is 10.6. The Labute approximate surface area is 145 Å². The number of hydrogen-bond donors (Lipinski definition) is 1. The maximum absolute atomic E-state index is 12.0. The van der Waals surface area contributed by atoms with Crippen molar-refractivity contribution in [2.45, 2.75) is 78.6 Å². The third-order valence-electron chi connectivity index (χ3n) is 3.93. The lowest BCUT2D eigenvalue weighted by atomic mass is 9.79. The van der Waals surface area contributed by atoms with Gasteiger partial charge in [-0.2, -0.15) is 0 Å². The summed E-state index contributed by atoms with van der Waals surface area (Å²) in [6, 6.07) is 3.42. The highest BCUT2D eigenvalue weighted by molar-refractivity contribution is 5.83. The summed E-state index contributed by atoms with van der Waals surface area (Å²) in [7, 11) is 0. The van der Waals surface area contributed by atoms with E-state index < -0.39 is 5.97 Å². The topological polar surface area (TPSA) is 63.6 Å². The van der Waals surface area contributed by atoms with Crippen LogP contribution in [0.2, 0.25) is 0 Å². The molecule has 0 saturated heterocycles. The van der Waals surface area contributed by atoms with Crippen LogP contribution in [0.3, 0.4) is 0 Å². The summed E-state index contributed by atoms with van der Waals surface area (Å²) in [5.74, 6) is 0.276. The lowest BCUT2D eigenvalue weighted by Gasteiger charge is -2.27. The first-order valence-corrected chi connectivity index (χ1v) is 8.46. The van der Waals surface area contributed by atoms with E-state index >= 15 is 0 Å². The number of aromatic hydroxyl groups is 1. The number of phenols is 1. The van der Waals surface area contributed by atoms with Crippen molar-refractivity contribution in [2.24, 2.45) is 0 Å². The van der Waals surface area contributed by atoms with E-state index in [0.29, 0.717) is 12.2 Å². The Morgan fingerprint density at radius 3 is 1.79 bits per heavy atom. The number of benzene rings is 1. The van der Waals surface area contributed by atoms with Crippen LogP contribution in [0.5, 0.6) is 11.5 Å². The lowest BCUT2D eigenvalue weighted by molar-refractivity contribution is -0.136. The minimum atomic E-state index is -0.429. The molecule has 1 aromatic rings. The van der Waals surface area contributed by atoms with Crippen LogP contribution in [-0.2, 0) is 20.4 Å². The van der Waals surface area contributed by atoms with Gasteiger partial charge >= 0.3 is 5.97 Å². The maximum Gasteiger partial charge on any atom is 0.311 e. The second-order valence-corrected chi connectivity index (χ2v) is 8.23. The molecule has 0 aliphatic heterocycles. The van der Waals surface area contributed by atoms with E-state index in [-0.39, 0.29) is 35.2 Å². The molecule has 24 heavy (non-hydrogen) atoms. The molecule has 0 aliphatic carbocycles. The standard InChI is InChI=1S/C20H30O4/c1-8-13(21)9-10-17(22)24-14-11-15(19(2,3)4)18(23)16(12-14)20(5,6)7/h11-12,23H,8-10H2,1-7H3. The molecule has 0 amide bonds. The average Bonchev–Trinajstić information content (AvgIpc) is 2.43. The largest absolute Gasteiger partial charge is 0.507 e. The molecule has 0 atom stereocenters.